The van der Waals surface area contributed by atoms with Gasteiger partial charge in [0.2, 0.25) is 5.91 Å². The normalized spacial score (nSPS) is 29.9. The van der Waals surface area contributed by atoms with Crippen LogP contribution >= 0.6 is 0 Å². The Morgan fingerprint density at radius 2 is 0.843 bits per heavy atom. The Labute approximate surface area is 496 Å². The first-order valence-electron chi connectivity index (χ1n) is 31.7. The highest BCUT2D eigenvalue weighted by molar-refractivity contribution is 5.76. The average Bonchev–Trinajstić information content (AvgIpc) is 3.33. The van der Waals surface area contributed by atoms with Gasteiger partial charge in [-0.25, -0.2) is 0 Å². The summed E-state index contributed by atoms with van der Waals surface area (Å²) < 4.78 is 34.2. The minimum atomic E-state index is -1.99. The van der Waals surface area contributed by atoms with Crippen molar-refractivity contribution >= 4 is 5.91 Å². The van der Waals surface area contributed by atoms with Crippen LogP contribution in [-0.4, -0.2) is 193 Å². The summed E-state index contributed by atoms with van der Waals surface area (Å²) in [4.78, 5) is 13.3. The number of aliphatic hydroxyl groups excluding tert-OH is 11. The van der Waals surface area contributed by atoms with E-state index in [-0.39, 0.29) is 12.3 Å². The highest BCUT2D eigenvalue weighted by atomic mass is 16.8. The van der Waals surface area contributed by atoms with Crippen LogP contribution in [0.25, 0.3) is 0 Å². The lowest BCUT2D eigenvalue weighted by Crippen LogP contribution is -2.66. The molecule has 3 rings (SSSR count). The van der Waals surface area contributed by atoms with Crippen LogP contribution in [0.1, 0.15) is 194 Å². The first-order valence-corrected chi connectivity index (χ1v) is 31.7. The van der Waals surface area contributed by atoms with Crippen molar-refractivity contribution in [2.24, 2.45) is 0 Å². The van der Waals surface area contributed by atoms with Gasteiger partial charge in [-0.1, -0.05) is 202 Å². The van der Waals surface area contributed by atoms with Gasteiger partial charge < -0.3 is 89.9 Å². The van der Waals surface area contributed by atoms with Crippen molar-refractivity contribution < 1.29 is 89.4 Å². The molecule has 3 heterocycles. The van der Waals surface area contributed by atoms with Gasteiger partial charge in [-0.05, 0) is 57.8 Å². The van der Waals surface area contributed by atoms with E-state index in [1.165, 1.54) is 116 Å². The summed E-state index contributed by atoms with van der Waals surface area (Å²) in [6.07, 6.45) is 29.2. The maximum Gasteiger partial charge on any atom is 0.220 e. The summed E-state index contributed by atoms with van der Waals surface area (Å²) in [5, 5.41) is 120. The first-order chi connectivity index (χ1) is 40.3. The molecule has 1 amide bonds. The lowest BCUT2D eigenvalue weighted by molar-refractivity contribution is -0.379. The zero-order valence-electron chi connectivity index (χ0n) is 50.1. The van der Waals surface area contributed by atoms with Crippen LogP contribution < -0.4 is 5.32 Å². The zero-order chi connectivity index (χ0) is 60.5. The van der Waals surface area contributed by atoms with Gasteiger partial charge in [-0.15, -0.1) is 0 Å². The van der Waals surface area contributed by atoms with Gasteiger partial charge in [0.15, 0.2) is 18.9 Å². The predicted octanol–water partition coefficient (Wildman–Crippen LogP) is 6.60. The molecule has 0 aromatic rings. The molecule has 0 bridgehead atoms. The maximum absolute atomic E-state index is 13.3. The summed E-state index contributed by atoms with van der Waals surface area (Å²) in [5.74, 6) is -0.367. The molecule has 17 unspecified atom stereocenters. The number of unbranched alkanes of at least 4 members (excludes halogenated alkanes) is 20. The van der Waals surface area contributed by atoms with Crippen LogP contribution in [0.4, 0.5) is 0 Å². The van der Waals surface area contributed by atoms with Crippen molar-refractivity contribution in [3.63, 3.8) is 0 Å². The Kier molecular flexibility index (Phi) is 41.6. The summed E-state index contributed by atoms with van der Waals surface area (Å²) in [6, 6.07) is -1.03. The zero-order valence-corrected chi connectivity index (χ0v) is 50.1. The average molecular weight is 1180 g/mol. The van der Waals surface area contributed by atoms with E-state index in [1.54, 1.807) is 6.08 Å². The minimum absolute atomic E-state index is 0.111. The fraction of sp³-hybridized carbons (Fsp3) is 0.797. The molecule has 17 atom stereocenters. The van der Waals surface area contributed by atoms with Crippen LogP contribution in [0.5, 0.6) is 0 Å². The molecule has 0 aromatic carbocycles. The number of carbonyl (C=O) groups excluding carboxylic acids is 1. The maximum atomic E-state index is 13.3. The number of rotatable bonds is 46. The summed E-state index contributed by atoms with van der Waals surface area (Å²) in [5.41, 5.74) is 0. The van der Waals surface area contributed by atoms with Crippen LogP contribution in [0, 0.1) is 0 Å². The highest BCUT2D eigenvalue weighted by Crippen LogP contribution is 2.33. The van der Waals surface area contributed by atoms with Crippen LogP contribution in [0.15, 0.2) is 72.9 Å². The highest BCUT2D eigenvalue weighted by Gasteiger charge is 2.53. The third-order valence-corrected chi connectivity index (χ3v) is 15.5. The quantitative estimate of drug-likeness (QED) is 0.0226. The minimum Gasteiger partial charge on any atom is -0.394 e. The Hall–Kier alpha value is -2.77. The Bertz CT molecular complexity index is 1790. The Morgan fingerprint density at radius 1 is 0.446 bits per heavy atom. The van der Waals surface area contributed by atoms with E-state index >= 15 is 0 Å². The molecule has 0 aliphatic carbocycles. The van der Waals surface area contributed by atoms with Gasteiger partial charge in [0.1, 0.15) is 73.2 Å². The molecular weight excluding hydrogens is 1070 g/mol. The molecule has 0 saturated carbocycles. The number of amides is 1. The molecule has 12 N–H and O–H groups in total. The van der Waals surface area contributed by atoms with Crippen LogP contribution in [-0.2, 0) is 33.2 Å². The first kappa shape index (κ1) is 74.5. The van der Waals surface area contributed by atoms with E-state index in [1.807, 2.05) is 18.2 Å². The number of allylic oxidation sites excluding steroid dienone is 11. The smallest absolute Gasteiger partial charge is 0.220 e. The second-order valence-corrected chi connectivity index (χ2v) is 22.5. The molecule has 83 heavy (non-hydrogen) atoms. The van der Waals surface area contributed by atoms with E-state index in [0.717, 1.165) is 38.5 Å². The van der Waals surface area contributed by atoms with Gasteiger partial charge in [-0.3, -0.25) is 4.79 Å². The Balaban J connectivity index is 1.48. The van der Waals surface area contributed by atoms with Crippen molar-refractivity contribution in [3.05, 3.63) is 72.9 Å². The van der Waals surface area contributed by atoms with E-state index in [2.05, 4.69) is 67.8 Å². The predicted molar refractivity (Wildman–Crippen MR) is 318 cm³/mol. The number of hydrogen-bond acceptors (Lipinski definition) is 18. The van der Waals surface area contributed by atoms with Gasteiger partial charge in [-0.2, -0.15) is 0 Å². The molecular formula is C64H111NO18. The lowest BCUT2D eigenvalue weighted by atomic mass is 9.96. The van der Waals surface area contributed by atoms with E-state index in [0.29, 0.717) is 19.3 Å². The molecule has 0 aromatic heterocycles. The topological polar surface area (TPSA) is 307 Å². The van der Waals surface area contributed by atoms with E-state index in [9.17, 15) is 61.0 Å². The van der Waals surface area contributed by atoms with E-state index < -0.39 is 131 Å². The molecule has 0 radical (unpaired) electrons. The molecule has 3 saturated heterocycles. The van der Waals surface area contributed by atoms with Gasteiger partial charge in [0, 0.05) is 6.42 Å². The second kappa shape index (κ2) is 46.4. The number of aliphatic hydroxyl groups is 11. The van der Waals surface area contributed by atoms with Gasteiger partial charge >= 0.3 is 0 Å². The van der Waals surface area contributed by atoms with Crippen molar-refractivity contribution in [2.75, 3.05) is 26.4 Å². The summed E-state index contributed by atoms with van der Waals surface area (Å²) in [6.45, 7) is 1.52. The SMILES string of the molecule is CC/C=C\C/C=C\C/C=C\C/C=C\CCC(=O)NC(COC1OC(CO)C(OC2OC(CO)C(OC3OC(CO)C(O)C(O)C3O)C(O)C2O)C(O)C1O)C(O)/C=C/CC/C=C/CCCCCCCCCCCCCCCCCCCCC. The number of carbonyl (C=O) groups is 1. The molecule has 19 heteroatoms. The summed E-state index contributed by atoms with van der Waals surface area (Å²) >= 11 is 0. The molecule has 19 nitrogen and oxygen atoms in total. The second-order valence-electron chi connectivity index (χ2n) is 22.5. The number of hydrogen-bond donors (Lipinski definition) is 12. The molecule has 3 fully saturated rings. The van der Waals surface area contributed by atoms with Crippen molar-refractivity contribution in [1.82, 2.24) is 5.32 Å². The largest absolute Gasteiger partial charge is 0.394 e. The fourth-order valence-corrected chi connectivity index (χ4v) is 10.3. The van der Waals surface area contributed by atoms with Crippen LogP contribution in [0.2, 0.25) is 0 Å². The van der Waals surface area contributed by atoms with E-state index in [4.69, 9.17) is 28.4 Å². The standard InChI is InChI=1S/C64H111NO18/c1-3-5-7-9-11-13-15-17-18-19-20-21-22-23-24-25-26-27-28-30-31-33-35-37-39-41-48(69)47(65-52(70)42-40-38-36-34-32-29-16-14-12-10-8-6-4-2)46-78-62-58(76)55(73)60(50(44-67)80-62)83-64-59(77)56(74)61(51(45-68)81-64)82-63-57(75)54(72)53(71)49(43-66)79-63/h6,8,12,14,29,31-33,36,38-39,41,47-51,53-64,66-69,71-77H,3-5,7,9-11,13,15-28,30,34-35,37,40,42-46H2,1-2H3,(H,65,70)/b8-6-,14-12-,32-29-,33-31+,38-36-,41-39+. The molecule has 3 aliphatic heterocycles. The fourth-order valence-electron chi connectivity index (χ4n) is 10.3. The lowest BCUT2D eigenvalue weighted by Gasteiger charge is -2.48. The third-order valence-electron chi connectivity index (χ3n) is 15.5. The van der Waals surface area contributed by atoms with Crippen molar-refractivity contribution in [1.29, 1.82) is 0 Å². The number of ether oxygens (including phenoxy) is 6. The monoisotopic (exact) mass is 1180 g/mol. The third kappa shape index (κ3) is 29.7. The number of nitrogens with one attached hydrogen (secondary N) is 1. The van der Waals surface area contributed by atoms with Gasteiger partial charge in [0.25, 0.3) is 0 Å². The Morgan fingerprint density at radius 3 is 1.34 bits per heavy atom. The van der Waals surface area contributed by atoms with Crippen molar-refractivity contribution in [2.45, 2.75) is 298 Å². The van der Waals surface area contributed by atoms with Crippen LogP contribution in [0.3, 0.4) is 0 Å². The van der Waals surface area contributed by atoms with Gasteiger partial charge in [0.05, 0.1) is 38.6 Å². The van der Waals surface area contributed by atoms with Crippen molar-refractivity contribution in [3.8, 4) is 0 Å². The molecule has 480 valence electrons. The molecule has 0 spiro atoms. The molecule has 3 aliphatic rings. The summed E-state index contributed by atoms with van der Waals surface area (Å²) in [7, 11) is 0.